The second-order valence-corrected chi connectivity index (χ2v) is 3.97. The molecule has 0 bridgehead atoms. The van der Waals surface area contributed by atoms with Gasteiger partial charge in [-0.2, -0.15) is 0 Å². The molecule has 2 heterocycles. The van der Waals surface area contributed by atoms with Gasteiger partial charge in [-0.1, -0.05) is 0 Å². The van der Waals surface area contributed by atoms with E-state index in [9.17, 15) is 13.4 Å². The molecule has 4 nitrogen and oxygen atoms in total. The normalized spacial score (nSPS) is 15.9. The Morgan fingerprint density at radius 2 is 2.21 bits per heavy atom. The van der Waals surface area contributed by atoms with Crippen LogP contribution in [0.5, 0.6) is 0 Å². The Morgan fingerprint density at radius 3 is 2.79 bits per heavy atom. The second-order valence-electron chi connectivity index (χ2n) is 3.97. The summed E-state index contributed by atoms with van der Waals surface area (Å²) in [4.78, 5) is 14.7. The molecule has 0 fully saturated rings. The molecule has 0 saturated carbocycles. The smallest absolute Gasteiger partial charge is 0.481 e. The van der Waals surface area contributed by atoms with Crippen LogP contribution in [0.15, 0.2) is 41.2 Å². The SMILES string of the molecule is O=C(O)CC/C(=C1\C=CC=N1)c1cccn1B(F)F. The molecular weight excluding hydrogens is 253 g/mol. The van der Waals surface area contributed by atoms with Gasteiger partial charge in [0.15, 0.2) is 0 Å². The van der Waals surface area contributed by atoms with Crippen LogP contribution in [0.1, 0.15) is 18.5 Å². The van der Waals surface area contributed by atoms with Gasteiger partial charge in [0.05, 0.1) is 5.70 Å². The molecule has 1 aromatic heterocycles. The summed E-state index contributed by atoms with van der Waals surface area (Å²) in [6, 6.07) is 3.04. The fourth-order valence-electron chi connectivity index (χ4n) is 1.92. The fraction of sp³-hybridized carbons (Fsp3) is 0.167. The maximum atomic E-state index is 12.9. The van der Waals surface area contributed by atoms with Crippen LogP contribution in [-0.4, -0.2) is 29.2 Å². The van der Waals surface area contributed by atoms with Crippen LogP contribution in [0.25, 0.3) is 5.57 Å². The quantitative estimate of drug-likeness (QED) is 0.830. The van der Waals surface area contributed by atoms with E-state index in [1.807, 2.05) is 0 Å². The Kier molecular flexibility index (Phi) is 3.94. The lowest BCUT2D eigenvalue weighted by molar-refractivity contribution is -0.136. The zero-order valence-corrected chi connectivity index (χ0v) is 9.96. The lowest BCUT2D eigenvalue weighted by Gasteiger charge is -2.11. The van der Waals surface area contributed by atoms with Crippen LogP contribution in [0.4, 0.5) is 8.63 Å². The molecule has 0 radical (unpaired) electrons. The first-order chi connectivity index (χ1) is 9.09. The molecular formula is C12H11BF2N2O2. The van der Waals surface area contributed by atoms with E-state index in [-0.39, 0.29) is 12.8 Å². The number of rotatable bonds is 5. The van der Waals surface area contributed by atoms with Crippen molar-refractivity contribution in [3.63, 3.8) is 0 Å². The van der Waals surface area contributed by atoms with E-state index < -0.39 is 13.4 Å². The first-order valence-electron chi connectivity index (χ1n) is 5.70. The van der Waals surface area contributed by atoms with E-state index in [4.69, 9.17) is 5.11 Å². The van der Waals surface area contributed by atoms with Crippen molar-refractivity contribution in [3.8, 4) is 0 Å². The predicted octanol–water partition coefficient (Wildman–Crippen LogP) is 2.48. The molecule has 19 heavy (non-hydrogen) atoms. The van der Waals surface area contributed by atoms with Crippen molar-refractivity contribution in [2.24, 2.45) is 4.99 Å². The van der Waals surface area contributed by atoms with Crippen LogP contribution < -0.4 is 0 Å². The van der Waals surface area contributed by atoms with Gasteiger partial charge >= 0.3 is 13.4 Å². The van der Waals surface area contributed by atoms with Crippen molar-refractivity contribution in [1.82, 2.24) is 4.48 Å². The third kappa shape index (κ3) is 2.99. The number of hydrogen-bond donors (Lipinski definition) is 1. The van der Waals surface area contributed by atoms with Crippen LogP contribution >= 0.6 is 0 Å². The largest absolute Gasteiger partial charge is 0.677 e. The molecule has 0 spiro atoms. The third-order valence-corrected chi connectivity index (χ3v) is 2.75. The highest BCUT2D eigenvalue weighted by Crippen LogP contribution is 2.28. The minimum atomic E-state index is -2.67. The van der Waals surface area contributed by atoms with Crippen molar-refractivity contribution in [1.29, 1.82) is 0 Å². The van der Waals surface area contributed by atoms with Crippen LogP contribution in [0.2, 0.25) is 0 Å². The van der Waals surface area contributed by atoms with E-state index >= 15 is 0 Å². The number of carbonyl (C=O) groups is 1. The van der Waals surface area contributed by atoms with Gasteiger partial charge in [-0.05, 0) is 36.9 Å². The van der Waals surface area contributed by atoms with Gasteiger partial charge in [-0.25, -0.2) is 0 Å². The predicted molar refractivity (Wildman–Crippen MR) is 69.2 cm³/mol. The number of hydrogen-bond acceptors (Lipinski definition) is 2. The summed E-state index contributed by atoms with van der Waals surface area (Å²) in [6.07, 6.45) is 6.21. The van der Waals surface area contributed by atoms with Gasteiger partial charge in [-0.15, -0.1) is 0 Å². The molecule has 0 aliphatic carbocycles. The maximum absolute atomic E-state index is 12.9. The molecule has 0 aromatic carbocycles. The van der Waals surface area contributed by atoms with Crippen molar-refractivity contribution < 1.29 is 18.5 Å². The molecule has 1 aliphatic rings. The fourth-order valence-corrected chi connectivity index (χ4v) is 1.92. The van der Waals surface area contributed by atoms with Gasteiger partial charge in [0, 0.05) is 23.9 Å². The number of aromatic nitrogens is 1. The molecule has 1 aliphatic heterocycles. The zero-order chi connectivity index (χ0) is 13.8. The van der Waals surface area contributed by atoms with Gasteiger partial charge < -0.3 is 9.58 Å². The van der Waals surface area contributed by atoms with Gasteiger partial charge in [-0.3, -0.25) is 18.4 Å². The Labute approximate surface area is 109 Å². The minimum absolute atomic E-state index is 0.128. The Hall–Kier alpha value is -2.18. The Morgan fingerprint density at radius 1 is 1.42 bits per heavy atom. The minimum Gasteiger partial charge on any atom is -0.481 e. The Balaban J connectivity index is 2.40. The summed E-state index contributed by atoms with van der Waals surface area (Å²) in [5.74, 6) is -0.973. The highest BCUT2D eigenvalue weighted by atomic mass is 19.2. The van der Waals surface area contributed by atoms with E-state index in [1.165, 1.54) is 18.3 Å². The van der Waals surface area contributed by atoms with Crippen molar-refractivity contribution in [3.05, 3.63) is 41.9 Å². The third-order valence-electron chi connectivity index (χ3n) is 2.75. The van der Waals surface area contributed by atoms with Crippen molar-refractivity contribution in [2.45, 2.75) is 12.8 Å². The first kappa shape index (κ1) is 13.3. The maximum Gasteiger partial charge on any atom is 0.677 e. The summed E-state index contributed by atoms with van der Waals surface area (Å²) < 4.78 is 26.6. The van der Waals surface area contributed by atoms with Crippen LogP contribution in [0.3, 0.4) is 0 Å². The summed E-state index contributed by atoms with van der Waals surface area (Å²) in [5, 5.41) is 8.75. The molecule has 1 N–H and O–H groups in total. The number of carboxylic acid groups (broad SMARTS) is 1. The number of halogens is 2. The van der Waals surface area contributed by atoms with Crippen molar-refractivity contribution in [2.75, 3.05) is 0 Å². The number of nitrogens with zero attached hydrogens (tertiary/aromatic N) is 2. The number of aliphatic imine (C=N–C) groups is 1. The van der Waals surface area contributed by atoms with Crippen LogP contribution in [-0.2, 0) is 4.79 Å². The van der Waals surface area contributed by atoms with E-state index in [0.717, 1.165) is 4.48 Å². The van der Waals surface area contributed by atoms with Gasteiger partial charge in [0.25, 0.3) is 0 Å². The summed E-state index contributed by atoms with van der Waals surface area (Å²) in [7, 11) is -2.67. The lowest BCUT2D eigenvalue weighted by Crippen LogP contribution is -2.15. The highest BCUT2D eigenvalue weighted by molar-refractivity contribution is 6.41. The van der Waals surface area contributed by atoms with E-state index in [0.29, 0.717) is 17.0 Å². The molecule has 2 rings (SSSR count). The summed E-state index contributed by atoms with van der Waals surface area (Å²) in [5.41, 5.74) is 1.34. The first-order valence-corrected chi connectivity index (χ1v) is 5.70. The standard InChI is InChI=1S/C12H11BF2N2O2/c14-13(15)17-8-2-4-11(17)9(5-6-12(18)19)10-3-1-7-16-10/h1-4,7-8H,5-6H2,(H,18,19)/b10-9-. The highest BCUT2D eigenvalue weighted by Gasteiger charge is 2.22. The lowest BCUT2D eigenvalue weighted by atomic mass is 10.0. The number of carboxylic acids is 1. The van der Waals surface area contributed by atoms with Gasteiger partial charge in [0.1, 0.15) is 0 Å². The second kappa shape index (κ2) is 5.64. The molecule has 7 heteroatoms. The zero-order valence-electron chi connectivity index (χ0n) is 9.96. The van der Waals surface area contributed by atoms with E-state index in [1.54, 1.807) is 18.4 Å². The average molecular weight is 264 g/mol. The summed E-state index contributed by atoms with van der Waals surface area (Å²) >= 11 is 0. The molecule has 1 aromatic rings. The molecule has 0 atom stereocenters. The monoisotopic (exact) mass is 264 g/mol. The molecule has 0 unspecified atom stereocenters. The molecule has 0 amide bonds. The number of allylic oxidation sites excluding steroid dienone is 3. The van der Waals surface area contributed by atoms with Gasteiger partial charge in [0.2, 0.25) is 0 Å². The van der Waals surface area contributed by atoms with Crippen LogP contribution in [0, 0.1) is 0 Å². The summed E-state index contributed by atoms with van der Waals surface area (Å²) in [6.45, 7) is 0. The van der Waals surface area contributed by atoms with Crippen molar-refractivity contribution >= 4 is 25.2 Å². The molecule has 98 valence electrons. The molecule has 0 saturated heterocycles. The average Bonchev–Trinajstić information content (AvgIpc) is 2.98. The number of aliphatic carboxylic acids is 1. The topological polar surface area (TPSA) is 54.6 Å². The van der Waals surface area contributed by atoms with E-state index in [2.05, 4.69) is 4.99 Å². The Bertz CT molecular complexity index is 562.